The van der Waals surface area contributed by atoms with E-state index >= 15 is 0 Å². The van der Waals surface area contributed by atoms with Gasteiger partial charge in [-0.2, -0.15) is 0 Å². The van der Waals surface area contributed by atoms with Crippen molar-refractivity contribution >= 4 is 41.6 Å². The third kappa shape index (κ3) is 3.35. The molecule has 0 aliphatic heterocycles. The molecule has 2 nitrogen and oxygen atoms in total. The van der Waals surface area contributed by atoms with Crippen molar-refractivity contribution in [3.8, 4) is 11.5 Å². The normalized spacial score (nSPS) is 11.2. The van der Waals surface area contributed by atoms with Gasteiger partial charge in [0, 0.05) is 0 Å². The van der Waals surface area contributed by atoms with Gasteiger partial charge in [-0.25, -0.2) is 0 Å². The summed E-state index contributed by atoms with van der Waals surface area (Å²) in [5.74, 6) is 1.60. The number of ether oxygens (including phenoxy) is 2. The molecule has 0 aliphatic carbocycles. The number of methoxy groups -OCH3 is 2. The molecule has 0 unspecified atom stereocenters. The van der Waals surface area contributed by atoms with Crippen LogP contribution in [-0.2, 0) is 0 Å². The Morgan fingerprint density at radius 1 is 0.684 bits per heavy atom. The van der Waals surface area contributed by atoms with Crippen LogP contribution in [0.1, 0.15) is 0 Å². The van der Waals surface area contributed by atoms with Gasteiger partial charge in [0.05, 0.1) is 0 Å². The van der Waals surface area contributed by atoms with E-state index in [2.05, 4.69) is 0 Å². The summed E-state index contributed by atoms with van der Waals surface area (Å²) >= 11 is -3.65. The van der Waals surface area contributed by atoms with Crippen LogP contribution in [0.2, 0.25) is 0 Å². The molecular formula is C14H14Cl2O2Pb. The van der Waals surface area contributed by atoms with Crippen molar-refractivity contribution in [3.05, 3.63) is 48.5 Å². The standard InChI is InChI=1S/2C7H7O.2ClH.Pb/c2*1-8-7-5-3-2-4-6-7;;;/h2*3-6H,1H3;2*1H;/q;;;;+2/p-2. The average molecular weight is 492 g/mol. The van der Waals surface area contributed by atoms with E-state index in [0.29, 0.717) is 0 Å². The fourth-order valence-electron chi connectivity index (χ4n) is 1.77. The van der Waals surface area contributed by atoms with Gasteiger partial charge in [-0.05, 0) is 0 Å². The average Bonchev–Trinajstić information content (AvgIpc) is 2.47. The topological polar surface area (TPSA) is 18.5 Å². The van der Waals surface area contributed by atoms with Crippen LogP contribution in [0.15, 0.2) is 48.5 Å². The molecule has 0 aromatic heterocycles. The minimum atomic E-state index is -3.65. The molecule has 0 fully saturated rings. The van der Waals surface area contributed by atoms with Crippen LogP contribution in [0.3, 0.4) is 0 Å². The van der Waals surface area contributed by atoms with Gasteiger partial charge in [0.1, 0.15) is 0 Å². The molecule has 0 aliphatic rings. The number of hydrogen-bond donors (Lipinski definition) is 0. The van der Waals surface area contributed by atoms with E-state index < -0.39 is 18.7 Å². The van der Waals surface area contributed by atoms with Crippen LogP contribution in [0.5, 0.6) is 11.5 Å². The fourth-order valence-corrected chi connectivity index (χ4v) is 12.0. The van der Waals surface area contributed by atoms with Gasteiger partial charge in [0.15, 0.2) is 0 Å². The van der Waals surface area contributed by atoms with Gasteiger partial charge in [-0.3, -0.25) is 0 Å². The predicted octanol–water partition coefficient (Wildman–Crippen LogP) is 2.74. The zero-order valence-corrected chi connectivity index (χ0v) is 16.1. The van der Waals surface area contributed by atoms with E-state index in [1.807, 2.05) is 48.5 Å². The Morgan fingerprint density at radius 3 is 1.26 bits per heavy atom. The minimum absolute atomic E-state index is 0.802. The van der Waals surface area contributed by atoms with E-state index in [-0.39, 0.29) is 0 Å². The number of halogens is 2. The maximum atomic E-state index is 6.68. The summed E-state index contributed by atoms with van der Waals surface area (Å²) in [6, 6.07) is 15.3. The Bertz CT molecular complexity index is 489. The van der Waals surface area contributed by atoms with Gasteiger partial charge in [-0.15, -0.1) is 0 Å². The van der Waals surface area contributed by atoms with Gasteiger partial charge in [-0.1, -0.05) is 0 Å². The molecule has 0 bridgehead atoms. The van der Waals surface area contributed by atoms with Crippen molar-refractivity contribution in [2.75, 3.05) is 14.2 Å². The zero-order valence-electron chi connectivity index (χ0n) is 10.7. The summed E-state index contributed by atoms with van der Waals surface area (Å²) in [6.45, 7) is 0. The Morgan fingerprint density at radius 2 is 1.00 bits per heavy atom. The first-order valence-electron chi connectivity index (χ1n) is 5.75. The quantitative estimate of drug-likeness (QED) is 0.612. The van der Waals surface area contributed by atoms with E-state index in [1.165, 1.54) is 0 Å². The molecule has 0 saturated heterocycles. The summed E-state index contributed by atoms with van der Waals surface area (Å²) < 4.78 is 12.3. The summed E-state index contributed by atoms with van der Waals surface area (Å²) in [6.07, 6.45) is 0. The van der Waals surface area contributed by atoms with Gasteiger partial charge < -0.3 is 0 Å². The fraction of sp³-hybridized carbons (Fsp3) is 0.143. The third-order valence-corrected chi connectivity index (χ3v) is 18.8. The van der Waals surface area contributed by atoms with Crippen LogP contribution in [0.25, 0.3) is 0 Å². The van der Waals surface area contributed by atoms with E-state index in [4.69, 9.17) is 26.1 Å². The Kier molecular flexibility index (Phi) is 4.98. The van der Waals surface area contributed by atoms with Crippen LogP contribution in [-0.4, -0.2) is 32.9 Å². The monoisotopic (exact) mass is 492 g/mol. The molecular weight excluding hydrogens is 478 g/mol. The van der Waals surface area contributed by atoms with Crippen LogP contribution in [0.4, 0.5) is 0 Å². The molecule has 5 heteroatoms. The van der Waals surface area contributed by atoms with Crippen molar-refractivity contribution in [3.63, 3.8) is 0 Å². The van der Waals surface area contributed by atoms with E-state index in [9.17, 15) is 0 Å². The predicted molar refractivity (Wildman–Crippen MR) is 82.7 cm³/mol. The maximum absolute atomic E-state index is 6.68. The Labute approximate surface area is 124 Å². The van der Waals surface area contributed by atoms with Gasteiger partial charge >= 0.3 is 125 Å². The first kappa shape index (κ1) is 14.9. The molecule has 0 saturated carbocycles. The van der Waals surface area contributed by atoms with E-state index in [1.54, 1.807) is 14.2 Å². The molecule has 100 valence electrons. The van der Waals surface area contributed by atoms with Gasteiger partial charge in [0.2, 0.25) is 0 Å². The van der Waals surface area contributed by atoms with Crippen LogP contribution < -0.4 is 15.7 Å². The van der Waals surface area contributed by atoms with Crippen molar-refractivity contribution in [1.29, 1.82) is 0 Å². The second kappa shape index (κ2) is 6.33. The molecule has 0 N–H and O–H groups in total. The molecule has 0 amide bonds. The van der Waals surface area contributed by atoms with Crippen molar-refractivity contribution < 1.29 is 9.47 Å². The molecule has 2 rings (SSSR count). The van der Waals surface area contributed by atoms with Crippen molar-refractivity contribution in [2.45, 2.75) is 0 Å². The summed E-state index contributed by atoms with van der Waals surface area (Å²) in [5, 5.41) is 0. The molecule has 0 atom stereocenters. The Balaban J connectivity index is 2.33. The first-order chi connectivity index (χ1) is 9.07. The van der Waals surface area contributed by atoms with Crippen LogP contribution >= 0.6 is 16.6 Å². The molecule has 0 radical (unpaired) electrons. The molecule has 19 heavy (non-hydrogen) atoms. The second-order valence-electron chi connectivity index (χ2n) is 4.03. The number of benzene rings is 2. The molecule has 0 heterocycles. The van der Waals surface area contributed by atoms with Crippen molar-refractivity contribution in [2.24, 2.45) is 0 Å². The van der Waals surface area contributed by atoms with Crippen LogP contribution in [0, 0.1) is 0 Å². The van der Waals surface area contributed by atoms with Crippen molar-refractivity contribution in [1.82, 2.24) is 0 Å². The summed E-state index contributed by atoms with van der Waals surface area (Å²) in [5.41, 5.74) is 0. The zero-order chi connectivity index (χ0) is 13.9. The summed E-state index contributed by atoms with van der Waals surface area (Å²) in [4.78, 5) is 0. The Hall–Kier alpha value is -0.458. The second-order valence-corrected chi connectivity index (χ2v) is 24.6. The molecule has 2 aromatic carbocycles. The third-order valence-electron chi connectivity index (χ3n) is 2.91. The van der Waals surface area contributed by atoms with Gasteiger partial charge in [0.25, 0.3) is 0 Å². The molecule has 2 aromatic rings. The first-order valence-corrected chi connectivity index (χ1v) is 19.2. The molecule has 0 spiro atoms. The SMILES string of the molecule is COc1cc[c]([Pb]([Cl])([Cl])[c]2ccc(OC)cc2)cc1. The number of rotatable bonds is 4. The summed E-state index contributed by atoms with van der Waals surface area (Å²) in [7, 11) is 16.6. The number of hydrogen-bond acceptors (Lipinski definition) is 2. The van der Waals surface area contributed by atoms with E-state index in [0.717, 1.165) is 17.7 Å².